The van der Waals surface area contributed by atoms with Gasteiger partial charge in [-0.25, -0.2) is 4.39 Å². The molecular formula is C14H19F3O6S. The molecule has 4 saturated carbocycles. The van der Waals surface area contributed by atoms with Crippen LogP contribution in [0.2, 0.25) is 0 Å². The molecule has 3 atom stereocenters. The van der Waals surface area contributed by atoms with Crippen molar-refractivity contribution in [1.82, 2.24) is 0 Å². The minimum atomic E-state index is -5.88. The highest BCUT2D eigenvalue weighted by Crippen LogP contribution is 2.67. The molecule has 0 radical (unpaired) electrons. The zero-order valence-corrected chi connectivity index (χ0v) is 13.6. The van der Waals surface area contributed by atoms with E-state index in [0.29, 0.717) is 25.7 Å². The van der Waals surface area contributed by atoms with Gasteiger partial charge in [0.2, 0.25) is 0 Å². The van der Waals surface area contributed by atoms with Crippen molar-refractivity contribution in [3.63, 3.8) is 0 Å². The molecule has 0 aliphatic heterocycles. The predicted octanol–water partition coefficient (Wildman–Crippen LogP) is 1.68. The molecule has 0 aromatic heterocycles. The molecule has 0 aromatic carbocycles. The molecule has 3 unspecified atom stereocenters. The number of carbonyl (C=O) groups is 1. The average Bonchev–Trinajstić information content (AvgIpc) is 2.76. The number of alkyl halides is 3. The molecule has 0 spiro atoms. The van der Waals surface area contributed by atoms with E-state index in [1.165, 1.54) is 0 Å². The van der Waals surface area contributed by atoms with Crippen molar-refractivity contribution in [3.8, 4) is 0 Å². The molecule has 0 saturated heterocycles. The van der Waals surface area contributed by atoms with Crippen molar-refractivity contribution < 1.29 is 40.8 Å². The third-order valence-corrected chi connectivity index (χ3v) is 6.73. The van der Waals surface area contributed by atoms with Gasteiger partial charge in [0, 0.05) is 6.42 Å². The van der Waals surface area contributed by atoms with E-state index in [-0.39, 0.29) is 11.8 Å². The Balaban J connectivity index is 1.60. The smallest absolute Gasteiger partial charge is 0.400 e. The Bertz CT molecular complexity index is 635. The number of ether oxygens (including phenoxy) is 1. The fourth-order valence-corrected chi connectivity index (χ4v) is 5.35. The minimum absolute atomic E-state index is 0.229. The fraction of sp³-hybridized carbons (Fsp3) is 0.929. The molecule has 4 aliphatic carbocycles. The number of carbonyl (C=O) groups excluding carboxylic acids is 1. The molecule has 24 heavy (non-hydrogen) atoms. The number of hydrogen-bond donors (Lipinski definition) is 2. The van der Waals surface area contributed by atoms with E-state index >= 15 is 0 Å². The lowest BCUT2D eigenvalue weighted by Crippen LogP contribution is -2.46. The highest BCUT2D eigenvalue weighted by Gasteiger charge is 2.70. The third kappa shape index (κ3) is 2.45. The molecule has 0 heterocycles. The van der Waals surface area contributed by atoms with Gasteiger partial charge in [-0.2, -0.15) is 17.2 Å². The second kappa shape index (κ2) is 5.31. The SMILES string of the molecule is O=C(OCCC(F)C(F)(F)S(=O)(=O)O)C12CC3CC(CC1(O)C3)C2. The third-order valence-electron chi connectivity index (χ3n) is 5.79. The topological polar surface area (TPSA) is 101 Å². The molecule has 0 aromatic rings. The summed E-state index contributed by atoms with van der Waals surface area (Å²) in [6.07, 6.45) is -1.36. The summed E-state index contributed by atoms with van der Waals surface area (Å²) in [6.45, 7) is -0.752. The predicted molar refractivity (Wildman–Crippen MR) is 74.4 cm³/mol. The van der Waals surface area contributed by atoms with Crippen molar-refractivity contribution in [1.29, 1.82) is 0 Å². The second-order valence-corrected chi connectivity index (χ2v) is 8.82. The molecule has 138 valence electrons. The molecular weight excluding hydrogens is 353 g/mol. The first-order valence-corrected chi connectivity index (χ1v) is 9.24. The first-order chi connectivity index (χ1) is 10.9. The van der Waals surface area contributed by atoms with E-state index in [9.17, 15) is 31.5 Å². The Morgan fingerprint density at radius 1 is 1.25 bits per heavy atom. The van der Waals surface area contributed by atoms with E-state index in [4.69, 9.17) is 9.29 Å². The number of aliphatic hydroxyl groups is 1. The van der Waals surface area contributed by atoms with E-state index in [1.807, 2.05) is 0 Å². The minimum Gasteiger partial charge on any atom is -0.465 e. The van der Waals surface area contributed by atoms with Gasteiger partial charge in [-0.1, -0.05) is 0 Å². The van der Waals surface area contributed by atoms with Crippen molar-refractivity contribution in [2.24, 2.45) is 17.3 Å². The summed E-state index contributed by atoms with van der Waals surface area (Å²) in [6, 6.07) is 0. The lowest BCUT2D eigenvalue weighted by atomic mass is 9.75. The van der Waals surface area contributed by atoms with Crippen LogP contribution in [0.4, 0.5) is 13.2 Å². The van der Waals surface area contributed by atoms with Gasteiger partial charge in [-0.05, 0) is 43.9 Å². The van der Waals surface area contributed by atoms with Crippen LogP contribution in [0.5, 0.6) is 0 Å². The van der Waals surface area contributed by atoms with Gasteiger partial charge in [-0.3, -0.25) is 9.35 Å². The van der Waals surface area contributed by atoms with Gasteiger partial charge in [0.15, 0.2) is 6.17 Å². The molecule has 10 heteroatoms. The summed E-state index contributed by atoms with van der Waals surface area (Å²) in [4.78, 5) is 12.4. The highest BCUT2D eigenvalue weighted by molar-refractivity contribution is 7.86. The van der Waals surface area contributed by atoms with Gasteiger partial charge in [0.25, 0.3) is 0 Å². The van der Waals surface area contributed by atoms with Gasteiger partial charge in [0.1, 0.15) is 0 Å². The van der Waals surface area contributed by atoms with Crippen LogP contribution in [0.15, 0.2) is 0 Å². The number of halogens is 3. The van der Waals surface area contributed by atoms with Crippen LogP contribution in [0.3, 0.4) is 0 Å². The van der Waals surface area contributed by atoms with Crippen LogP contribution < -0.4 is 0 Å². The Hall–Kier alpha value is -0.870. The fourth-order valence-electron chi connectivity index (χ4n) is 4.91. The van der Waals surface area contributed by atoms with Crippen molar-refractivity contribution in [2.75, 3.05) is 6.61 Å². The summed E-state index contributed by atoms with van der Waals surface area (Å²) < 4.78 is 73.7. The first kappa shape index (κ1) is 17.9. The van der Waals surface area contributed by atoms with Crippen molar-refractivity contribution in [2.45, 2.75) is 55.6 Å². The Morgan fingerprint density at radius 2 is 1.79 bits per heavy atom. The number of hydrogen-bond acceptors (Lipinski definition) is 5. The lowest BCUT2D eigenvalue weighted by molar-refractivity contribution is -0.168. The molecule has 0 amide bonds. The maximum Gasteiger partial charge on any atom is 0.400 e. The normalized spacial score (nSPS) is 39.2. The van der Waals surface area contributed by atoms with Crippen LogP contribution >= 0.6 is 0 Å². The molecule has 4 bridgehead atoms. The van der Waals surface area contributed by atoms with Crippen molar-refractivity contribution in [3.05, 3.63) is 0 Å². The van der Waals surface area contributed by atoms with E-state index in [0.717, 1.165) is 6.42 Å². The zero-order valence-electron chi connectivity index (χ0n) is 12.8. The van der Waals surface area contributed by atoms with Crippen LogP contribution in [0.25, 0.3) is 0 Å². The van der Waals surface area contributed by atoms with Gasteiger partial charge in [-0.15, -0.1) is 0 Å². The van der Waals surface area contributed by atoms with E-state index < -0.39 is 51.6 Å². The van der Waals surface area contributed by atoms with Crippen LogP contribution in [-0.2, 0) is 19.6 Å². The Labute approximate surface area is 137 Å². The van der Waals surface area contributed by atoms with E-state index in [2.05, 4.69) is 0 Å². The van der Waals surface area contributed by atoms with Crippen LogP contribution in [0.1, 0.15) is 38.5 Å². The maximum absolute atomic E-state index is 13.4. The largest absolute Gasteiger partial charge is 0.465 e. The van der Waals surface area contributed by atoms with Crippen LogP contribution in [-0.4, -0.2) is 47.7 Å². The van der Waals surface area contributed by atoms with Gasteiger partial charge >= 0.3 is 21.3 Å². The molecule has 4 rings (SSSR count). The van der Waals surface area contributed by atoms with Gasteiger partial charge in [0.05, 0.1) is 17.6 Å². The molecule has 6 nitrogen and oxygen atoms in total. The quantitative estimate of drug-likeness (QED) is 0.543. The molecule has 4 fully saturated rings. The molecule has 2 N–H and O–H groups in total. The lowest BCUT2D eigenvalue weighted by Gasteiger charge is -2.34. The molecule has 4 aliphatic rings. The Kier molecular flexibility index (Phi) is 3.97. The second-order valence-electron chi connectivity index (χ2n) is 7.33. The zero-order chi connectivity index (χ0) is 18.0. The highest BCUT2D eigenvalue weighted by atomic mass is 32.2. The van der Waals surface area contributed by atoms with Crippen molar-refractivity contribution >= 4 is 16.1 Å². The van der Waals surface area contributed by atoms with Crippen LogP contribution in [0, 0.1) is 17.3 Å². The number of rotatable bonds is 6. The summed E-state index contributed by atoms with van der Waals surface area (Å²) >= 11 is 0. The summed E-state index contributed by atoms with van der Waals surface area (Å²) in [5, 5.41) is 5.73. The number of esters is 1. The standard InChI is InChI=1S/C14H19F3O6S/c15-10(14(16,17)24(20,21)22)1-2-23-11(18)12-4-8-3-9(5-12)7-13(12,19)6-8/h8-10,19H,1-7H2,(H,20,21,22). The maximum atomic E-state index is 13.4. The van der Waals surface area contributed by atoms with E-state index in [1.54, 1.807) is 0 Å². The monoisotopic (exact) mass is 372 g/mol. The summed E-state index contributed by atoms with van der Waals surface area (Å²) in [7, 11) is -5.88. The average molecular weight is 372 g/mol. The summed E-state index contributed by atoms with van der Waals surface area (Å²) in [5.41, 5.74) is -2.21. The summed E-state index contributed by atoms with van der Waals surface area (Å²) in [5.74, 6) is -0.280. The Morgan fingerprint density at radius 3 is 2.29 bits per heavy atom. The first-order valence-electron chi connectivity index (χ1n) is 7.80. The van der Waals surface area contributed by atoms with Gasteiger partial charge < -0.3 is 9.84 Å².